The Balaban J connectivity index is 1.45. The molecule has 5 heteroatoms. The van der Waals surface area contributed by atoms with Crippen molar-refractivity contribution in [2.45, 2.75) is 84.6 Å². The first kappa shape index (κ1) is 28.0. The topological polar surface area (TPSA) is 46.5 Å². The van der Waals surface area contributed by atoms with Gasteiger partial charge in [-0.1, -0.05) is 81.4 Å². The molecular weight excluding hydrogens is 494 g/mol. The van der Waals surface area contributed by atoms with E-state index in [2.05, 4.69) is 116 Å². The summed E-state index contributed by atoms with van der Waals surface area (Å²) in [5, 5.41) is 4.94. The standard InChI is InChI=1S/C35H43N3O2/c1-7-37-24(2)29(28-15-11-12-16-31(28)37)22-34(39)38-30(25-13-9-8-10-14-25)18-20-33(38)36-23-26-21-27(35(3,4)5)17-19-32(26)40-6/h8-17,19,21,30,33,36H,7,18,20,22-23H2,1-6H3. The van der Waals surface area contributed by atoms with Crippen LogP contribution in [-0.4, -0.2) is 28.6 Å². The molecule has 1 aliphatic heterocycles. The van der Waals surface area contributed by atoms with Gasteiger partial charge in [-0.25, -0.2) is 0 Å². The fourth-order valence-corrected chi connectivity index (χ4v) is 6.35. The summed E-state index contributed by atoms with van der Waals surface area (Å²) in [5.74, 6) is 1.04. The number of fused-ring (bicyclic) bond motifs is 1. The van der Waals surface area contributed by atoms with Crippen LogP contribution in [0, 0.1) is 6.92 Å². The van der Waals surface area contributed by atoms with Crippen molar-refractivity contribution in [2.24, 2.45) is 0 Å². The zero-order valence-corrected chi connectivity index (χ0v) is 24.8. The number of para-hydroxylation sites is 1. The lowest BCUT2D eigenvalue weighted by Crippen LogP contribution is -2.46. The van der Waals surface area contributed by atoms with Crippen LogP contribution in [0.15, 0.2) is 72.8 Å². The Morgan fingerprint density at radius 3 is 2.42 bits per heavy atom. The van der Waals surface area contributed by atoms with Gasteiger partial charge in [0.2, 0.25) is 5.91 Å². The van der Waals surface area contributed by atoms with Crippen molar-refractivity contribution in [1.29, 1.82) is 0 Å². The van der Waals surface area contributed by atoms with Gasteiger partial charge in [-0.15, -0.1) is 0 Å². The Bertz CT molecular complexity index is 1480. The van der Waals surface area contributed by atoms with Gasteiger partial charge in [-0.05, 0) is 60.9 Å². The second-order valence-corrected chi connectivity index (χ2v) is 12.0. The highest BCUT2D eigenvalue weighted by molar-refractivity contribution is 5.91. The average Bonchev–Trinajstić information content (AvgIpc) is 3.50. The van der Waals surface area contributed by atoms with Gasteiger partial charge in [0.05, 0.1) is 25.7 Å². The molecule has 0 aliphatic carbocycles. The lowest BCUT2D eigenvalue weighted by atomic mass is 9.86. The van der Waals surface area contributed by atoms with Crippen LogP contribution in [-0.2, 0) is 29.7 Å². The van der Waals surface area contributed by atoms with Crippen LogP contribution < -0.4 is 10.1 Å². The number of likely N-dealkylation sites (tertiary alicyclic amines) is 1. The van der Waals surface area contributed by atoms with E-state index in [9.17, 15) is 4.79 Å². The molecular formula is C35H43N3O2. The first-order valence-corrected chi connectivity index (χ1v) is 14.6. The summed E-state index contributed by atoms with van der Waals surface area (Å²) in [6, 6.07) is 25.4. The zero-order valence-electron chi connectivity index (χ0n) is 24.8. The van der Waals surface area contributed by atoms with Crippen LogP contribution in [0.3, 0.4) is 0 Å². The number of ether oxygens (including phenoxy) is 1. The summed E-state index contributed by atoms with van der Waals surface area (Å²) < 4.78 is 8.04. The molecule has 40 heavy (non-hydrogen) atoms. The highest BCUT2D eigenvalue weighted by atomic mass is 16.5. The van der Waals surface area contributed by atoms with Crippen LogP contribution in [0.2, 0.25) is 0 Å². The second kappa shape index (κ2) is 11.5. The van der Waals surface area contributed by atoms with Crippen molar-refractivity contribution in [3.63, 3.8) is 0 Å². The summed E-state index contributed by atoms with van der Waals surface area (Å²) in [5.41, 5.74) is 7.15. The number of methoxy groups -OCH3 is 1. The quantitative estimate of drug-likeness (QED) is 0.257. The van der Waals surface area contributed by atoms with Crippen LogP contribution in [0.25, 0.3) is 10.9 Å². The first-order valence-electron chi connectivity index (χ1n) is 14.6. The maximum absolute atomic E-state index is 14.3. The van der Waals surface area contributed by atoms with Crippen LogP contribution >= 0.6 is 0 Å². The van der Waals surface area contributed by atoms with Gasteiger partial charge >= 0.3 is 0 Å². The average molecular weight is 538 g/mol. The molecule has 0 radical (unpaired) electrons. The normalized spacial score (nSPS) is 17.5. The molecule has 5 nitrogen and oxygen atoms in total. The molecule has 5 rings (SSSR count). The monoisotopic (exact) mass is 537 g/mol. The molecule has 3 aromatic carbocycles. The van der Waals surface area contributed by atoms with Crippen molar-refractivity contribution in [3.8, 4) is 5.75 Å². The van der Waals surface area contributed by atoms with Crippen LogP contribution in [0.5, 0.6) is 5.75 Å². The lowest BCUT2D eigenvalue weighted by Gasteiger charge is -2.32. The maximum atomic E-state index is 14.3. The summed E-state index contributed by atoms with van der Waals surface area (Å²) in [6.45, 7) is 12.5. The van der Waals surface area contributed by atoms with E-state index in [-0.39, 0.29) is 23.5 Å². The number of rotatable bonds is 8. The molecule has 1 aromatic heterocycles. The van der Waals surface area contributed by atoms with Gasteiger partial charge in [0.25, 0.3) is 0 Å². The minimum atomic E-state index is -0.0551. The molecule has 1 saturated heterocycles. The van der Waals surface area contributed by atoms with E-state index < -0.39 is 0 Å². The number of hydrogen-bond acceptors (Lipinski definition) is 3. The molecule has 2 heterocycles. The number of aromatic nitrogens is 1. The molecule has 0 bridgehead atoms. The zero-order chi connectivity index (χ0) is 28.4. The second-order valence-electron chi connectivity index (χ2n) is 12.0. The molecule has 1 amide bonds. The number of nitrogens with zero attached hydrogens (tertiary/aromatic N) is 2. The van der Waals surface area contributed by atoms with Crippen molar-refractivity contribution in [2.75, 3.05) is 7.11 Å². The van der Waals surface area contributed by atoms with Crippen molar-refractivity contribution < 1.29 is 9.53 Å². The molecule has 1 N–H and O–H groups in total. The summed E-state index contributed by atoms with van der Waals surface area (Å²) in [6.07, 6.45) is 2.18. The highest BCUT2D eigenvalue weighted by Gasteiger charge is 2.38. The van der Waals surface area contributed by atoms with Crippen molar-refractivity contribution in [1.82, 2.24) is 14.8 Å². The van der Waals surface area contributed by atoms with Crippen molar-refractivity contribution >= 4 is 16.8 Å². The van der Waals surface area contributed by atoms with Gasteiger partial charge in [-0.3, -0.25) is 10.1 Å². The summed E-state index contributed by atoms with van der Waals surface area (Å²) in [4.78, 5) is 16.4. The van der Waals surface area contributed by atoms with E-state index >= 15 is 0 Å². The number of benzene rings is 3. The molecule has 1 fully saturated rings. The minimum absolute atomic E-state index is 0.0459. The van der Waals surface area contributed by atoms with E-state index in [0.717, 1.165) is 36.3 Å². The fourth-order valence-electron chi connectivity index (χ4n) is 6.35. The third-order valence-electron chi connectivity index (χ3n) is 8.54. The Kier molecular flexibility index (Phi) is 8.04. The molecule has 2 unspecified atom stereocenters. The molecule has 210 valence electrons. The number of carbonyl (C=O) groups excluding carboxylic acids is 1. The van der Waals surface area contributed by atoms with Gasteiger partial charge < -0.3 is 14.2 Å². The van der Waals surface area contributed by atoms with Gasteiger partial charge in [-0.2, -0.15) is 0 Å². The number of aryl methyl sites for hydroxylation is 1. The van der Waals surface area contributed by atoms with Crippen molar-refractivity contribution in [3.05, 3.63) is 101 Å². The molecule has 0 saturated carbocycles. The molecule has 2 atom stereocenters. The lowest BCUT2D eigenvalue weighted by molar-refractivity contribution is -0.134. The van der Waals surface area contributed by atoms with Crippen LogP contribution in [0.1, 0.15) is 74.5 Å². The molecule has 4 aromatic rings. The number of nitrogens with one attached hydrogen (secondary N) is 1. The first-order chi connectivity index (χ1) is 19.2. The number of hydrogen-bond donors (Lipinski definition) is 1. The largest absolute Gasteiger partial charge is 0.496 e. The Labute approximate surface area is 239 Å². The Morgan fingerprint density at radius 2 is 1.73 bits per heavy atom. The SMILES string of the molecule is CCn1c(C)c(CC(=O)N2C(NCc3cc(C(C)(C)C)ccc3OC)CCC2c2ccccc2)c2ccccc21. The maximum Gasteiger partial charge on any atom is 0.228 e. The van der Waals surface area contributed by atoms with E-state index in [1.165, 1.54) is 27.7 Å². The third-order valence-corrected chi connectivity index (χ3v) is 8.54. The molecule has 1 aliphatic rings. The van der Waals surface area contributed by atoms with E-state index in [4.69, 9.17) is 4.74 Å². The van der Waals surface area contributed by atoms with E-state index in [1.807, 2.05) is 6.07 Å². The van der Waals surface area contributed by atoms with Gasteiger partial charge in [0, 0.05) is 35.2 Å². The summed E-state index contributed by atoms with van der Waals surface area (Å²) in [7, 11) is 1.72. The smallest absolute Gasteiger partial charge is 0.228 e. The Morgan fingerprint density at radius 1 is 1.00 bits per heavy atom. The summed E-state index contributed by atoms with van der Waals surface area (Å²) >= 11 is 0. The van der Waals surface area contributed by atoms with Gasteiger partial charge in [0.1, 0.15) is 5.75 Å². The number of carbonyl (C=O) groups is 1. The van der Waals surface area contributed by atoms with Gasteiger partial charge in [0.15, 0.2) is 0 Å². The molecule has 0 spiro atoms. The minimum Gasteiger partial charge on any atom is -0.496 e. The third kappa shape index (κ3) is 5.40. The highest BCUT2D eigenvalue weighted by Crippen LogP contribution is 2.37. The predicted octanol–water partition coefficient (Wildman–Crippen LogP) is 7.30. The van der Waals surface area contributed by atoms with E-state index in [1.54, 1.807) is 7.11 Å². The van der Waals surface area contributed by atoms with Crippen LogP contribution in [0.4, 0.5) is 0 Å². The predicted molar refractivity (Wildman–Crippen MR) is 164 cm³/mol. The fraction of sp³-hybridized carbons (Fsp3) is 0.400. The number of amides is 1. The Hall–Kier alpha value is -3.57. The van der Waals surface area contributed by atoms with E-state index in [0.29, 0.717) is 13.0 Å².